The SMILES string of the molecule is C[C@H]1Cc2c(c(Cl)c(O)c(Cl)c2C(=O)O)O1. The zero-order valence-electron chi connectivity index (χ0n) is 8.25. The summed E-state index contributed by atoms with van der Waals surface area (Å²) >= 11 is 11.6. The van der Waals surface area contributed by atoms with Crippen LogP contribution in [0.4, 0.5) is 0 Å². The lowest BCUT2D eigenvalue weighted by molar-refractivity contribution is 0.0695. The highest BCUT2D eigenvalue weighted by Gasteiger charge is 2.32. The van der Waals surface area contributed by atoms with Crippen LogP contribution in [0, 0.1) is 0 Å². The molecular weight excluding hydrogens is 255 g/mol. The summed E-state index contributed by atoms with van der Waals surface area (Å²) in [5.74, 6) is -1.44. The van der Waals surface area contributed by atoms with Crippen molar-refractivity contribution in [2.45, 2.75) is 19.4 Å². The maximum atomic E-state index is 11.1. The first kappa shape index (κ1) is 11.4. The number of phenolic OH excluding ortho intramolecular Hbond substituents is 1. The predicted molar refractivity (Wildman–Crippen MR) is 58.9 cm³/mol. The second kappa shape index (κ2) is 3.71. The zero-order chi connectivity index (χ0) is 12.0. The Bertz CT molecular complexity index is 484. The summed E-state index contributed by atoms with van der Waals surface area (Å²) < 4.78 is 5.35. The van der Waals surface area contributed by atoms with Gasteiger partial charge in [0.25, 0.3) is 0 Å². The third-order valence-corrected chi connectivity index (χ3v) is 3.15. The molecule has 0 saturated heterocycles. The minimum absolute atomic E-state index is 0.0330. The molecule has 1 heterocycles. The van der Waals surface area contributed by atoms with Gasteiger partial charge in [-0.25, -0.2) is 4.79 Å². The molecule has 1 aromatic rings. The molecule has 0 aliphatic carbocycles. The van der Waals surface area contributed by atoms with Gasteiger partial charge in [0.2, 0.25) is 0 Å². The van der Waals surface area contributed by atoms with Crippen molar-refractivity contribution < 1.29 is 19.7 Å². The van der Waals surface area contributed by atoms with E-state index in [2.05, 4.69) is 0 Å². The minimum atomic E-state index is -1.20. The number of carboxylic acid groups (broad SMARTS) is 1. The number of aromatic carboxylic acids is 1. The van der Waals surface area contributed by atoms with Gasteiger partial charge in [-0.15, -0.1) is 0 Å². The fourth-order valence-corrected chi connectivity index (χ4v) is 2.36. The van der Waals surface area contributed by atoms with E-state index < -0.39 is 11.7 Å². The summed E-state index contributed by atoms with van der Waals surface area (Å²) in [6.45, 7) is 1.78. The number of hydrogen-bond acceptors (Lipinski definition) is 3. The minimum Gasteiger partial charge on any atom is -0.505 e. The van der Waals surface area contributed by atoms with Crippen LogP contribution >= 0.6 is 23.2 Å². The number of carbonyl (C=O) groups is 1. The van der Waals surface area contributed by atoms with E-state index in [4.69, 9.17) is 33.0 Å². The van der Waals surface area contributed by atoms with Crippen molar-refractivity contribution in [1.29, 1.82) is 0 Å². The summed E-state index contributed by atoms with van der Waals surface area (Å²) in [6.07, 6.45) is 0.236. The Labute approximate surface area is 101 Å². The van der Waals surface area contributed by atoms with E-state index in [9.17, 15) is 9.90 Å². The van der Waals surface area contributed by atoms with Crippen molar-refractivity contribution in [2.24, 2.45) is 0 Å². The highest BCUT2D eigenvalue weighted by atomic mass is 35.5. The van der Waals surface area contributed by atoms with Crippen LogP contribution in [0.2, 0.25) is 10.0 Å². The first-order valence-electron chi connectivity index (χ1n) is 4.56. The van der Waals surface area contributed by atoms with Gasteiger partial charge in [-0.2, -0.15) is 0 Å². The lowest BCUT2D eigenvalue weighted by Gasteiger charge is -2.10. The van der Waals surface area contributed by atoms with Crippen LogP contribution in [0.5, 0.6) is 11.5 Å². The van der Waals surface area contributed by atoms with E-state index in [1.54, 1.807) is 6.92 Å². The summed E-state index contributed by atoms with van der Waals surface area (Å²) in [5, 5.41) is 18.3. The van der Waals surface area contributed by atoms with E-state index in [1.165, 1.54) is 0 Å². The number of benzene rings is 1. The first-order valence-corrected chi connectivity index (χ1v) is 5.31. The van der Waals surface area contributed by atoms with Gasteiger partial charge >= 0.3 is 5.97 Å². The number of carboxylic acids is 1. The molecule has 0 radical (unpaired) electrons. The van der Waals surface area contributed by atoms with E-state index in [-0.39, 0.29) is 27.5 Å². The van der Waals surface area contributed by atoms with E-state index in [0.29, 0.717) is 12.0 Å². The van der Waals surface area contributed by atoms with Gasteiger partial charge in [0.1, 0.15) is 16.9 Å². The second-order valence-electron chi connectivity index (χ2n) is 3.60. The van der Waals surface area contributed by atoms with E-state index >= 15 is 0 Å². The van der Waals surface area contributed by atoms with Crippen LogP contribution in [-0.2, 0) is 6.42 Å². The van der Waals surface area contributed by atoms with Crippen LogP contribution in [0.25, 0.3) is 0 Å². The molecule has 0 amide bonds. The van der Waals surface area contributed by atoms with Gasteiger partial charge in [0, 0.05) is 12.0 Å². The molecule has 0 spiro atoms. The van der Waals surface area contributed by atoms with Crippen LogP contribution in [0.15, 0.2) is 0 Å². The van der Waals surface area contributed by atoms with Crippen molar-refractivity contribution >= 4 is 29.2 Å². The smallest absolute Gasteiger partial charge is 0.337 e. The van der Waals surface area contributed by atoms with Gasteiger partial charge in [-0.05, 0) is 6.92 Å². The molecule has 4 nitrogen and oxygen atoms in total. The molecule has 6 heteroatoms. The average molecular weight is 263 g/mol. The molecule has 0 saturated carbocycles. The molecule has 1 atom stereocenters. The Balaban J connectivity index is 2.77. The van der Waals surface area contributed by atoms with Crippen molar-refractivity contribution in [3.8, 4) is 11.5 Å². The van der Waals surface area contributed by atoms with Gasteiger partial charge in [0.05, 0.1) is 10.6 Å². The Kier molecular flexibility index (Phi) is 2.64. The van der Waals surface area contributed by atoms with E-state index in [1.807, 2.05) is 0 Å². The fraction of sp³-hybridized carbons (Fsp3) is 0.300. The standard InChI is InChI=1S/C10H8Cl2O4/c1-3-2-4-5(10(14)15)6(11)8(13)7(12)9(4)16-3/h3,13H,2H2,1H3,(H,14,15)/t3-/m0/s1. The molecule has 1 aromatic carbocycles. The van der Waals surface area contributed by atoms with Gasteiger partial charge < -0.3 is 14.9 Å². The highest BCUT2D eigenvalue weighted by Crippen LogP contribution is 2.48. The molecule has 0 fully saturated rings. The van der Waals surface area contributed by atoms with Gasteiger partial charge in [-0.1, -0.05) is 23.2 Å². The number of aromatic hydroxyl groups is 1. The molecule has 2 N–H and O–H groups in total. The number of phenols is 1. The summed E-state index contributed by atoms with van der Waals surface area (Å²) in [6, 6.07) is 0. The van der Waals surface area contributed by atoms with Crippen molar-refractivity contribution in [2.75, 3.05) is 0 Å². The molecule has 1 aliphatic rings. The third kappa shape index (κ3) is 1.49. The summed E-state index contributed by atoms with van der Waals surface area (Å²) in [7, 11) is 0. The van der Waals surface area contributed by atoms with Crippen LogP contribution in [0.3, 0.4) is 0 Å². The highest BCUT2D eigenvalue weighted by molar-refractivity contribution is 6.40. The summed E-state index contributed by atoms with van der Waals surface area (Å²) in [5.41, 5.74) is 0.302. The quantitative estimate of drug-likeness (QED) is 0.817. The van der Waals surface area contributed by atoms with Crippen molar-refractivity contribution in [1.82, 2.24) is 0 Å². The Morgan fingerprint density at radius 1 is 1.44 bits per heavy atom. The predicted octanol–water partition coefficient (Wildman–Crippen LogP) is 2.72. The third-order valence-electron chi connectivity index (χ3n) is 2.44. The maximum Gasteiger partial charge on any atom is 0.337 e. The largest absolute Gasteiger partial charge is 0.505 e. The van der Waals surface area contributed by atoms with E-state index in [0.717, 1.165) is 0 Å². The normalized spacial score (nSPS) is 18.1. The van der Waals surface area contributed by atoms with Crippen LogP contribution < -0.4 is 4.74 Å². The van der Waals surface area contributed by atoms with Gasteiger partial charge in [-0.3, -0.25) is 0 Å². The molecule has 0 bridgehead atoms. The molecule has 2 rings (SSSR count). The van der Waals surface area contributed by atoms with Crippen LogP contribution in [-0.4, -0.2) is 22.3 Å². The first-order chi connectivity index (χ1) is 7.43. The Morgan fingerprint density at radius 3 is 2.62 bits per heavy atom. The van der Waals surface area contributed by atoms with Crippen molar-refractivity contribution in [3.05, 3.63) is 21.2 Å². The zero-order valence-corrected chi connectivity index (χ0v) is 9.76. The second-order valence-corrected chi connectivity index (χ2v) is 4.35. The van der Waals surface area contributed by atoms with Crippen LogP contribution in [0.1, 0.15) is 22.8 Å². The lowest BCUT2D eigenvalue weighted by Crippen LogP contribution is -2.06. The number of halogens is 2. The fourth-order valence-electron chi connectivity index (χ4n) is 1.77. The maximum absolute atomic E-state index is 11.1. The Hall–Kier alpha value is -1.13. The molecule has 86 valence electrons. The number of rotatable bonds is 1. The molecule has 1 aliphatic heterocycles. The van der Waals surface area contributed by atoms with Crippen molar-refractivity contribution in [3.63, 3.8) is 0 Å². The summed E-state index contributed by atoms with van der Waals surface area (Å²) in [4.78, 5) is 11.1. The number of ether oxygens (including phenoxy) is 1. The number of fused-ring (bicyclic) bond motifs is 1. The molecular formula is C10H8Cl2O4. The number of hydrogen-bond donors (Lipinski definition) is 2. The Morgan fingerprint density at radius 2 is 2.06 bits per heavy atom. The topological polar surface area (TPSA) is 66.8 Å². The average Bonchev–Trinajstić information content (AvgIpc) is 2.56. The monoisotopic (exact) mass is 262 g/mol. The lowest BCUT2D eigenvalue weighted by atomic mass is 10.0. The molecule has 16 heavy (non-hydrogen) atoms. The molecule has 0 aromatic heterocycles. The van der Waals surface area contributed by atoms with Gasteiger partial charge in [0.15, 0.2) is 5.75 Å². The molecule has 0 unspecified atom stereocenters.